The first-order chi connectivity index (χ1) is 6.84. The van der Waals surface area contributed by atoms with Crippen molar-refractivity contribution in [2.24, 2.45) is 0 Å². The molecule has 14 heavy (non-hydrogen) atoms. The van der Waals surface area contributed by atoms with Gasteiger partial charge in [0.25, 0.3) is 0 Å². The molecule has 0 saturated heterocycles. The largest absolute Gasteiger partial charge is 0.374 e. The fraction of sp³-hybridized carbons (Fsp3) is 0.250. The summed E-state index contributed by atoms with van der Waals surface area (Å²) in [5.74, 6) is 1.04. The van der Waals surface area contributed by atoms with Crippen LogP contribution in [0.1, 0.15) is 4.88 Å². The van der Waals surface area contributed by atoms with E-state index in [2.05, 4.69) is 27.7 Å². The highest BCUT2D eigenvalue weighted by Gasteiger charge is 2.01. The molecule has 0 spiro atoms. The molecule has 0 aromatic carbocycles. The van der Waals surface area contributed by atoms with Gasteiger partial charge in [-0.1, -0.05) is 29.2 Å². The zero-order valence-electron chi connectivity index (χ0n) is 7.34. The first kappa shape index (κ1) is 9.95. The van der Waals surface area contributed by atoms with Crippen LogP contribution in [0.3, 0.4) is 0 Å². The van der Waals surface area contributed by atoms with E-state index < -0.39 is 0 Å². The van der Waals surface area contributed by atoms with Crippen molar-refractivity contribution in [3.8, 4) is 0 Å². The maximum Gasteiger partial charge on any atom is 0.203 e. The van der Waals surface area contributed by atoms with E-state index in [9.17, 15) is 0 Å². The minimum Gasteiger partial charge on any atom is -0.374 e. The Labute approximate surface area is 94.4 Å². The highest BCUT2D eigenvalue weighted by Crippen LogP contribution is 2.24. The summed E-state index contributed by atoms with van der Waals surface area (Å²) in [5, 5.41) is 10.3. The van der Waals surface area contributed by atoms with Gasteiger partial charge < -0.3 is 5.73 Å². The lowest BCUT2D eigenvalue weighted by Crippen LogP contribution is -1.83. The van der Waals surface area contributed by atoms with E-state index in [0.717, 1.165) is 16.5 Å². The number of anilines is 1. The molecule has 0 fully saturated rings. The van der Waals surface area contributed by atoms with Crippen molar-refractivity contribution in [2.75, 3.05) is 11.5 Å². The first-order valence-electron chi connectivity index (χ1n) is 4.09. The monoisotopic (exact) mass is 243 g/mol. The minimum atomic E-state index is 0.545. The molecule has 0 aliphatic rings. The number of nitrogen functional groups attached to an aromatic ring is 1. The third-order valence-electron chi connectivity index (χ3n) is 1.58. The summed E-state index contributed by atoms with van der Waals surface area (Å²) in [6, 6.07) is 4.23. The lowest BCUT2D eigenvalue weighted by Gasteiger charge is -1.93. The van der Waals surface area contributed by atoms with Gasteiger partial charge in [-0.25, -0.2) is 0 Å². The summed E-state index contributed by atoms with van der Waals surface area (Å²) in [5.41, 5.74) is 5.48. The fourth-order valence-electron chi connectivity index (χ4n) is 0.972. The third-order valence-corrected chi connectivity index (χ3v) is 4.40. The Kier molecular flexibility index (Phi) is 3.39. The Morgan fingerprint density at radius 2 is 2.36 bits per heavy atom. The quantitative estimate of drug-likeness (QED) is 0.838. The first-order valence-corrected chi connectivity index (χ1v) is 6.77. The van der Waals surface area contributed by atoms with Crippen molar-refractivity contribution in [3.05, 3.63) is 22.4 Å². The second kappa shape index (κ2) is 4.77. The van der Waals surface area contributed by atoms with Gasteiger partial charge in [0.15, 0.2) is 4.34 Å². The second-order valence-corrected chi connectivity index (χ2v) is 5.97. The van der Waals surface area contributed by atoms with Crippen LogP contribution in [0, 0.1) is 0 Å². The summed E-state index contributed by atoms with van der Waals surface area (Å²) in [6.07, 6.45) is 1.09. The molecule has 0 aliphatic heterocycles. The molecule has 74 valence electrons. The van der Waals surface area contributed by atoms with Crippen LogP contribution in [0.5, 0.6) is 0 Å². The van der Waals surface area contributed by atoms with Gasteiger partial charge in [-0.15, -0.1) is 21.5 Å². The smallest absolute Gasteiger partial charge is 0.203 e. The number of rotatable bonds is 4. The topological polar surface area (TPSA) is 51.8 Å². The molecule has 2 N–H and O–H groups in total. The van der Waals surface area contributed by atoms with E-state index >= 15 is 0 Å². The molecule has 0 atom stereocenters. The number of nitrogens with zero attached hydrogens (tertiary/aromatic N) is 2. The predicted octanol–water partition coefficient (Wildman–Crippen LogP) is 2.52. The summed E-state index contributed by atoms with van der Waals surface area (Å²) < 4.78 is 0.957. The Morgan fingerprint density at radius 1 is 1.43 bits per heavy atom. The van der Waals surface area contributed by atoms with Crippen LogP contribution in [0.15, 0.2) is 21.9 Å². The average molecular weight is 243 g/mol. The molecule has 3 nitrogen and oxygen atoms in total. The van der Waals surface area contributed by atoms with E-state index in [1.54, 1.807) is 23.1 Å². The number of aryl methyl sites for hydroxylation is 1. The molecule has 0 unspecified atom stereocenters. The van der Waals surface area contributed by atoms with Crippen LogP contribution < -0.4 is 5.73 Å². The Bertz CT molecular complexity index is 382. The van der Waals surface area contributed by atoms with Gasteiger partial charge in [0.1, 0.15) is 0 Å². The summed E-state index contributed by atoms with van der Waals surface area (Å²) in [6.45, 7) is 0. The van der Waals surface area contributed by atoms with Gasteiger partial charge in [-0.2, -0.15) is 0 Å². The van der Waals surface area contributed by atoms with Gasteiger partial charge >= 0.3 is 0 Å². The van der Waals surface area contributed by atoms with E-state index in [-0.39, 0.29) is 0 Å². The summed E-state index contributed by atoms with van der Waals surface area (Å²) in [7, 11) is 0. The number of thiophene rings is 1. The zero-order valence-corrected chi connectivity index (χ0v) is 9.79. The lowest BCUT2D eigenvalue weighted by molar-refractivity contribution is 1.01. The van der Waals surface area contributed by atoms with Gasteiger partial charge in [0.2, 0.25) is 5.13 Å². The lowest BCUT2D eigenvalue weighted by atomic mass is 10.4. The molecule has 0 aliphatic carbocycles. The number of hydrogen-bond acceptors (Lipinski definition) is 6. The second-order valence-electron chi connectivity index (χ2n) is 2.58. The standard InChI is InChI=1S/C8H9N3S3/c9-7-10-11-8(14-7)13-5-3-6-2-1-4-12-6/h1-2,4H,3,5H2,(H2,9,10). The van der Waals surface area contributed by atoms with Crippen LogP contribution in [0.2, 0.25) is 0 Å². The van der Waals surface area contributed by atoms with Crippen molar-refractivity contribution >= 4 is 39.6 Å². The zero-order chi connectivity index (χ0) is 9.80. The van der Waals surface area contributed by atoms with E-state index in [1.807, 2.05) is 0 Å². The van der Waals surface area contributed by atoms with Gasteiger partial charge in [-0.3, -0.25) is 0 Å². The van der Waals surface area contributed by atoms with Gasteiger partial charge in [0, 0.05) is 10.6 Å². The maximum atomic E-state index is 5.48. The molecular weight excluding hydrogens is 234 g/mol. The van der Waals surface area contributed by atoms with Crippen LogP contribution in [0.25, 0.3) is 0 Å². The molecule has 2 aromatic heterocycles. The SMILES string of the molecule is Nc1nnc(SCCc2cccs2)s1. The maximum absolute atomic E-state index is 5.48. The Morgan fingerprint density at radius 3 is 3.00 bits per heavy atom. The highest BCUT2D eigenvalue weighted by atomic mass is 32.2. The normalized spacial score (nSPS) is 10.6. The van der Waals surface area contributed by atoms with Crippen molar-refractivity contribution in [1.82, 2.24) is 10.2 Å². The van der Waals surface area contributed by atoms with Crippen LogP contribution >= 0.6 is 34.4 Å². The highest BCUT2D eigenvalue weighted by molar-refractivity contribution is 8.01. The van der Waals surface area contributed by atoms with Crippen molar-refractivity contribution in [1.29, 1.82) is 0 Å². The Balaban J connectivity index is 1.78. The van der Waals surface area contributed by atoms with Crippen LogP contribution in [0.4, 0.5) is 5.13 Å². The van der Waals surface area contributed by atoms with Gasteiger partial charge in [0.05, 0.1) is 0 Å². The molecule has 2 heterocycles. The molecule has 0 saturated carbocycles. The third kappa shape index (κ3) is 2.70. The molecule has 2 rings (SSSR count). The van der Waals surface area contributed by atoms with E-state index in [4.69, 9.17) is 5.73 Å². The van der Waals surface area contributed by atoms with Gasteiger partial charge in [-0.05, 0) is 17.9 Å². The summed E-state index contributed by atoms with van der Waals surface area (Å²) >= 11 is 4.95. The molecular formula is C8H9N3S3. The molecule has 2 aromatic rings. The average Bonchev–Trinajstić information content (AvgIpc) is 2.77. The number of hydrogen-bond donors (Lipinski definition) is 1. The molecule has 0 radical (unpaired) electrons. The van der Waals surface area contributed by atoms with Crippen molar-refractivity contribution in [3.63, 3.8) is 0 Å². The molecule has 0 amide bonds. The number of thioether (sulfide) groups is 1. The van der Waals surface area contributed by atoms with Crippen LogP contribution in [-0.2, 0) is 6.42 Å². The predicted molar refractivity (Wildman–Crippen MR) is 63.1 cm³/mol. The van der Waals surface area contributed by atoms with Crippen molar-refractivity contribution in [2.45, 2.75) is 10.8 Å². The van der Waals surface area contributed by atoms with Crippen LogP contribution in [-0.4, -0.2) is 16.0 Å². The molecule has 6 heteroatoms. The number of nitrogens with two attached hydrogens (primary N) is 1. The van der Waals surface area contributed by atoms with E-state index in [1.165, 1.54) is 16.2 Å². The summed E-state index contributed by atoms with van der Waals surface area (Å²) in [4.78, 5) is 1.41. The fourth-order valence-corrected chi connectivity index (χ4v) is 3.49. The van der Waals surface area contributed by atoms with E-state index in [0.29, 0.717) is 5.13 Å². The number of aromatic nitrogens is 2. The molecule has 0 bridgehead atoms. The minimum absolute atomic E-state index is 0.545. The van der Waals surface area contributed by atoms with Crippen molar-refractivity contribution < 1.29 is 0 Å². The Hall–Kier alpha value is -0.590.